The first-order valence-corrected chi connectivity index (χ1v) is 7.09. The SMILES string of the molecule is Cc1cc2c(cc1C(=O)O)S(=O)(=O)CCC2C. The number of aromatic carboxylic acids is 1. The Morgan fingerprint density at radius 1 is 1.41 bits per heavy atom. The zero-order valence-corrected chi connectivity index (χ0v) is 10.5. The summed E-state index contributed by atoms with van der Waals surface area (Å²) in [5, 5.41) is 9.01. The summed E-state index contributed by atoms with van der Waals surface area (Å²) in [5.74, 6) is -0.822. The minimum absolute atomic E-state index is 0.0708. The molecule has 92 valence electrons. The van der Waals surface area contributed by atoms with Crippen LogP contribution in [0.5, 0.6) is 0 Å². The maximum Gasteiger partial charge on any atom is 0.335 e. The van der Waals surface area contributed by atoms with Crippen LogP contribution < -0.4 is 0 Å². The van der Waals surface area contributed by atoms with Crippen molar-refractivity contribution in [2.24, 2.45) is 0 Å². The smallest absolute Gasteiger partial charge is 0.335 e. The second kappa shape index (κ2) is 3.84. The summed E-state index contributed by atoms with van der Waals surface area (Å²) in [5.41, 5.74) is 1.43. The van der Waals surface area contributed by atoms with Crippen LogP contribution in [0.25, 0.3) is 0 Å². The van der Waals surface area contributed by atoms with Gasteiger partial charge in [-0.2, -0.15) is 0 Å². The molecular weight excluding hydrogens is 240 g/mol. The van der Waals surface area contributed by atoms with Crippen LogP contribution in [0.1, 0.15) is 40.7 Å². The van der Waals surface area contributed by atoms with Crippen molar-refractivity contribution in [2.45, 2.75) is 31.1 Å². The zero-order valence-electron chi connectivity index (χ0n) is 9.73. The molecule has 0 fully saturated rings. The molecule has 0 saturated carbocycles. The zero-order chi connectivity index (χ0) is 12.8. The molecule has 0 saturated heterocycles. The first-order valence-electron chi connectivity index (χ1n) is 5.43. The number of sulfone groups is 1. The van der Waals surface area contributed by atoms with E-state index in [1.807, 2.05) is 6.92 Å². The molecule has 0 aromatic heterocycles. The Morgan fingerprint density at radius 3 is 2.65 bits per heavy atom. The van der Waals surface area contributed by atoms with Gasteiger partial charge in [0.25, 0.3) is 0 Å². The van der Waals surface area contributed by atoms with Crippen LogP contribution in [0.2, 0.25) is 0 Å². The third-order valence-electron chi connectivity index (χ3n) is 3.27. The second-order valence-corrected chi connectivity index (χ2v) is 6.60. The molecule has 4 nitrogen and oxygen atoms in total. The van der Waals surface area contributed by atoms with Crippen LogP contribution in [0, 0.1) is 6.92 Å². The standard InChI is InChI=1S/C12H14O4S/c1-7-3-4-17(15,16)11-6-10(12(13)14)8(2)5-9(7)11/h5-7H,3-4H2,1-2H3,(H,13,14). The maximum atomic E-state index is 11.9. The molecule has 5 heteroatoms. The molecule has 0 spiro atoms. The van der Waals surface area contributed by atoms with Gasteiger partial charge in [-0.3, -0.25) is 0 Å². The molecule has 1 atom stereocenters. The summed E-state index contributed by atoms with van der Waals surface area (Å²) in [4.78, 5) is 11.2. The van der Waals surface area contributed by atoms with E-state index >= 15 is 0 Å². The molecule has 1 N–H and O–H groups in total. The summed E-state index contributed by atoms with van der Waals surface area (Å²) < 4.78 is 23.8. The Hall–Kier alpha value is -1.36. The number of hydrogen-bond donors (Lipinski definition) is 1. The van der Waals surface area contributed by atoms with E-state index in [1.54, 1.807) is 13.0 Å². The van der Waals surface area contributed by atoms with E-state index in [2.05, 4.69) is 0 Å². The lowest BCUT2D eigenvalue weighted by Crippen LogP contribution is -2.20. The highest BCUT2D eigenvalue weighted by molar-refractivity contribution is 7.91. The molecular formula is C12H14O4S. The van der Waals surface area contributed by atoms with E-state index in [1.165, 1.54) is 6.07 Å². The number of rotatable bonds is 1. The molecule has 0 amide bonds. The van der Waals surface area contributed by atoms with Crippen LogP contribution in [-0.4, -0.2) is 25.2 Å². The molecule has 0 radical (unpaired) electrons. The number of carbonyl (C=O) groups is 1. The number of hydrogen-bond acceptors (Lipinski definition) is 3. The molecule has 1 aromatic rings. The minimum atomic E-state index is -3.31. The van der Waals surface area contributed by atoms with E-state index in [9.17, 15) is 13.2 Å². The van der Waals surface area contributed by atoms with E-state index in [-0.39, 0.29) is 22.1 Å². The summed E-state index contributed by atoms with van der Waals surface area (Å²) in [6, 6.07) is 3.00. The van der Waals surface area contributed by atoms with Crippen LogP contribution in [0.3, 0.4) is 0 Å². The number of fused-ring (bicyclic) bond motifs is 1. The molecule has 1 aromatic carbocycles. The normalized spacial score (nSPS) is 21.9. The molecule has 1 heterocycles. The van der Waals surface area contributed by atoms with Crippen molar-refractivity contribution in [1.82, 2.24) is 0 Å². The maximum absolute atomic E-state index is 11.9. The van der Waals surface area contributed by atoms with E-state index in [0.29, 0.717) is 12.0 Å². The lowest BCUT2D eigenvalue weighted by Gasteiger charge is -2.23. The molecule has 1 unspecified atom stereocenters. The fourth-order valence-corrected chi connectivity index (χ4v) is 3.99. The predicted octanol–water partition coefficient (Wildman–Crippen LogP) is 1.97. The van der Waals surface area contributed by atoms with Gasteiger partial charge in [0.1, 0.15) is 0 Å². The summed E-state index contributed by atoms with van der Waals surface area (Å²) in [6.45, 7) is 3.66. The summed E-state index contributed by atoms with van der Waals surface area (Å²) in [6.07, 6.45) is 0.598. The van der Waals surface area contributed by atoms with Crippen molar-refractivity contribution >= 4 is 15.8 Å². The van der Waals surface area contributed by atoms with Crippen LogP contribution in [0.15, 0.2) is 17.0 Å². The van der Waals surface area contributed by atoms with Gasteiger partial charge < -0.3 is 5.11 Å². The monoisotopic (exact) mass is 254 g/mol. The molecule has 0 bridgehead atoms. The predicted molar refractivity (Wildman–Crippen MR) is 63.2 cm³/mol. The molecule has 1 aliphatic rings. The highest BCUT2D eigenvalue weighted by Crippen LogP contribution is 2.35. The van der Waals surface area contributed by atoms with E-state index < -0.39 is 15.8 Å². The topological polar surface area (TPSA) is 71.4 Å². The molecule has 17 heavy (non-hydrogen) atoms. The Labute approximate surface area is 100 Å². The average molecular weight is 254 g/mol. The lowest BCUT2D eigenvalue weighted by atomic mass is 9.94. The molecule has 0 aliphatic carbocycles. The number of carboxylic acids is 1. The van der Waals surface area contributed by atoms with Crippen LogP contribution in [0.4, 0.5) is 0 Å². The largest absolute Gasteiger partial charge is 0.478 e. The average Bonchev–Trinajstić information content (AvgIpc) is 2.23. The van der Waals surface area contributed by atoms with E-state index in [4.69, 9.17) is 5.11 Å². The van der Waals surface area contributed by atoms with Crippen molar-refractivity contribution in [3.63, 3.8) is 0 Å². The van der Waals surface area contributed by atoms with Gasteiger partial charge in [-0.15, -0.1) is 0 Å². The lowest BCUT2D eigenvalue weighted by molar-refractivity contribution is 0.0696. The third kappa shape index (κ3) is 1.95. The first kappa shape index (κ1) is 12.1. The van der Waals surface area contributed by atoms with Gasteiger partial charge in [-0.1, -0.05) is 13.0 Å². The fraction of sp³-hybridized carbons (Fsp3) is 0.417. The van der Waals surface area contributed by atoms with Crippen molar-refractivity contribution in [3.8, 4) is 0 Å². The van der Waals surface area contributed by atoms with Crippen LogP contribution in [-0.2, 0) is 9.84 Å². The van der Waals surface area contributed by atoms with Gasteiger partial charge in [-0.25, -0.2) is 13.2 Å². The van der Waals surface area contributed by atoms with Gasteiger partial charge in [0.2, 0.25) is 0 Å². The first-order chi connectivity index (χ1) is 7.83. The van der Waals surface area contributed by atoms with Crippen molar-refractivity contribution in [3.05, 3.63) is 28.8 Å². The van der Waals surface area contributed by atoms with E-state index in [0.717, 1.165) is 5.56 Å². The fourth-order valence-electron chi connectivity index (χ4n) is 2.19. The Bertz CT molecular complexity index is 587. The Morgan fingerprint density at radius 2 is 2.06 bits per heavy atom. The number of aryl methyl sites for hydroxylation is 1. The van der Waals surface area contributed by atoms with Gasteiger partial charge in [0.15, 0.2) is 9.84 Å². The minimum Gasteiger partial charge on any atom is -0.478 e. The van der Waals surface area contributed by atoms with Crippen molar-refractivity contribution in [2.75, 3.05) is 5.75 Å². The Kier molecular flexibility index (Phi) is 2.73. The third-order valence-corrected chi connectivity index (χ3v) is 5.07. The van der Waals surface area contributed by atoms with Gasteiger partial charge >= 0.3 is 5.97 Å². The van der Waals surface area contributed by atoms with Crippen molar-refractivity contribution < 1.29 is 18.3 Å². The number of benzene rings is 1. The van der Waals surface area contributed by atoms with Crippen molar-refractivity contribution in [1.29, 1.82) is 0 Å². The molecule has 1 aliphatic heterocycles. The van der Waals surface area contributed by atoms with Gasteiger partial charge in [0.05, 0.1) is 16.2 Å². The highest BCUT2D eigenvalue weighted by Gasteiger charge is 2.29. The second-order valence-electron chi connectivity index (χ2n) is 4.52. The van der Waals surface area contributed by atoms with Gasteiger partial charge in [0, 0.05) is 0 Å². The molecule has 2 rings (SSSR count). The van der Waals surface area contributed by atoms with Crippen LogP contribution >= 0.6 is 0 Å². The highest BCUT2D eigenvalue weighted by atomic mass is 32.2. The Balaban J connectivity index is 2.75. The number of carboxylic acid groups (broad SMARTS) is 1. The quantitative estimate of drug-likeness (QED) is 0.831. The van der Waals surface area contributed by atoms with Gasteiger partial charge in [-0.05, 0) is 36.5 Å². The summed E-state index contributed by atoms with van der Waals surface area (Å²) in [7, 11) is -3.31. The summed E-state index contributed by atoms with van der Waals surface area (Å²) >= 11 is 0.